The summed E-state index contributed by atoms with van der Waals surface area (Å²) in [4.78, 5) is 17.9. The zero-order valence-electron chi connectivity index (χ0n) is 7.66. The molecule has 0 unspecified atom stereocenters. The van der Waals surface area contributed by atoms with Crippen molar-refractivity contribution >= 4 is 28.6 Å². The van der Waals surface area contributed by atoms with Crippen molar-refractivity contribution in [2.45, 2.75) is 6.92 Å². The van der Waals surface area contributed by atoms with Gasteiger partial charge >= 0.3 is 0 Å². The summed E-state index contributed by atoms with van der Waals surface area (Å²) in [6.45, 7) is 1.43. The summed E-state index contributed by atoms with van der Waals surface area (Å²) < 4.78 is 0. The number of nitrogens with zero attached hydrogens (tertiary/aromatic N) is 1. The van der Waals surface area contributed by atoms with Gasteiger partial charge in [-0.05, 0) is 18.2 Å². The molecule has 72 valence electrons. The van der Waals surface area contributed by atoms with Crippen LogP contribution in [0.3, 0.4) is 0 Å². The predicted octanol–water partition coefficient (Wildman–Crippen LogP) is 1.10. The standard InChI is InChI=1S/C9H10N4O/c1-5(14)11-9-12-7-3-2-6(10)4-8(7)13-9/h2-4H,10H2,1H3,(H2,11,12,13,14). The van der Waals surface area contributed by atoms with E-state index in [0.29, 0.717) is 11.6 Å². The quantitative estimate of drug-likeness (QED) is 0.589. The number of hydrogen-bond acceptors (Lipinski definition) is 3. The van der Waals surface area contributed by atoms with E-state index in [0.717, 1.165) is 11.0 Å². The number of nitrogen functional groups attached to an aromatic ring is 1. The first-order valence-corrected chi connectivity index (χ1v) is 4.18. The van der Waals surface area contributed by atoms with Crippen molar-refractivity contribution in [1.29, 1.82) is 0 Å². The molecule has 0 saturated carbocycles. The number of carbonyl (C=O) groups excluding carboxylic acids is 1. The normalized spacial score (nSPS) is 10.4. The number of hydrogen-bond donors (Lipinski definition) is 3. The highest BCUT2D eigenvalue weighted by Crippen LogP contribution is 2.16. The molecule has 2 rings (SSSR count). The number of aromatic nitrogens is 2. The van der Waals surface area contributed by atoms with Crippen LogP contribution >= 0.6 is 0 Å². The third kappa shape index (κ3) is 1.52. The highest BCUT2D eigenvalue weighted by Gasteiger charge is 2.03. The van der Waals surface area contributed by atoms with Crippen LogP contribution in [0.5, 0.6) is 0 Å². The van der Waals surface area contributed by atoms with E-state index in [4.69, 9.17) is 5.73 Å². The number of nitrogens with two attached hydrogens (primary N) is 1. The molecule has 0 spiro atoms. The van der Waals surface area contributed by atoms with Crippen LogP contribution in [0.2, 0.25) is 0 Å². The number of benzene rings is 1. The van der Waals surface area contributed by atoms with Gasteiger partial charge in [0.1, 0.15) is 0 Å². The third-order valence-corrected chi connectivity index (χ3v) is 1.80. The van der Waals surface area contributed by atoms with Crippen LogP contribution in [0.1, 0.15) is 6.92 Å². The molecule has 0 bridgehead atoms. The summed E-state index contributed by atoms with van der Waals surface area (Å²) >= 11 is 0. The molecule has 1 aromatic heterocycles. The molecule has 0 fully saturated rings. The van der Waals surface area contributed by atoms with E-state index in [2.05, 4.69) is 15.3 Å². The lowest BCUT2D eigenvalue weighted by atomic mass is 10.3. The molecule has 0 aliphatic carbocycles. The molecule has 0 aliphatic rings. The van der Waals surface area contributed by atoms with Crippen molar-refractivity contribution in [3.05, 3.63) is 18.2 Å². The Labute approximate surface area is 80.3 Å². The second kappa shape index (κ2) is 3.02. The van der Waals surface area contributed by atoms with Gasteiger partial charge in [-0.1, -0.05) is 0 Å². The molecule has 0 atom stereocenters. The highest BCUT2D eigenvalue weighted by atomic mass is 16.1. The average molecular weight is 190 g/mol. The molecule has 0 aliphatic heterocycles. The maximum atomic E-state index is 10.8. The number of fused-ring (bicyclic) bond motifs is 1. The number of anilines is 2. The van der Waals surface area contributed by atoms with Gasteiger partial charge < -0.3 is 10.7 Å². The molecule has 0 saturated heterocycles. The molecule has 2 aromatic rings. The van der Waals surface area contributed by atoms with E-state index in [-0.39, 0.29) is 5.91 Å². The third-order valence-electron chi connectivity index (χ3n) is 1.80. The van der Waals surface area contributed by atoms with Crippen molar-refractivity contribution < 1.29 is 4.79 Å². The fourth-order valence-corrected chi connectivity index (χ4v) is 1.25. The minimum atomic E-state index is -0.156. The van der Waals surface area contributed by atoms with E-state index in [1.54, 1.807) is 12.1 Å². The lowest BCUT2D eigenvalue weighted by molar-refractivity contribution is -0.114. The number of nitrogens with one attached hydrogen (secondary N) is 2. The van der Waals surface area contributed by atoms with Crippen molar-refractivity contribution in [3.8, 4) is 0 Å². The Balaban J connectivity index is 2.46. The van der Waals surface area contributed by atoms with Crippen molar-refractivity contribution in [1.82, 2.24) is 9.97 Å². The monoisotopic (exact) mass is 190 g/mol. The lowest BCUT2D eigenvalue weighted by Crippen LogP contribution is -2.06. The summed E-state index contributed by atoms with van der Waals surface area (Å²) in [6.07, 6.45) is 0. The van der Waals surface area contributed by atoms with Crippen molar-refractivity contribution in [2.75, 3.05) is 11.1 Å². The number of rotatable bonds is 1. The zero-order valence-corrected chi connectivity index (χ0v) is 7.66. The van der Waals surface area contributed by atoms with Gasteiger partial charge in [-0.25, -0.2) is 4.98 Å². The summed E-state index contributed by atoms with van der Waals surface area (Å²) in [6, 6.07) is 5.35. The minimum Gasteiger partial charge on any atom is -0.399 e. The number of aromatic amines is 1. The van der Waals surface area contributed by atoms with Gasteiger partial charge in [0.2, 0.25) is 11.9 Å². The summed E-state index contributed by atoms with van der Waals surface area (Å²) in [5.41, 5.74) is 7.84. The Morgan fingerprint density at radius 2 is 2.36 bits per heavy atom. The molecule has 1 aromatic carbocycles. The number of H-pyrrole nitrogens is 1. The van der Waals surface area contributed by atoms with E-state index in [1.807, 2.05) is 6.07 Å². The number of imidazole rings is 1. The van der Waals surface area contributed by atoms with Crippen LogP contribution in [0.25, 0.3) is 11.0 Å². The maximum Gasteiger partial charge on any atom is 0.223 e. The first-order chi connectivity index (χ1) is 6.65. The van der Waals surface area contributed by atoms with Crippen LogP contribution < -0.4 is 11.1 Å². The molecule has 4 N–H and O–H groups in total. The smallest absolute Gasteiger partial charge is 0.223 e. The highest BCUT2D eigenvalue weighted by molar-refractivity contribution is 5.89. The van der Waals surface area contributed by atoms with Crippen molar-refractivity contribution in [2.24, 2.45) is 0 Å². The predicted molar refractivity (Wildman–Crippen MR) is 54.8 cm³/mol. The molecule has 1 amide bonds. The molecule has 0 radical (unpaired) electrons. The summed E-state index contributed by atoms with van der Waals surface area (Å²) in [5, 5.41) is 2.57. The molecule has 5 nitrogen and oxygen atoms in total. The Kier molecular flexibility index (Phi) is 1.85. The van der Waals surface area contributed by atoms with Gasteiger partial charge in [0.25, 0.3) is 0 Å². The van der Waals surface area contributed by atoms with Crippen LogP contribution in [0, 0.1) is 0 Å². The summed E-state index contributed by atoms with van der Waals surface area (Å²) in [5.74, 6) is 0.287. The fourth-order valence-electron chi connectivity index (χ4n) is 1.25. The number of amides is 1. The van der Waals surface area contributed by atoms with Gasteiger partial charge in [0, 0.05) is 12.6 Å². The van der Waals surface area contributed by atoms with E-state index in [1.165, 1.54) is 6.92 Å². The second-order valence-corrected chi connectivity index (χ2v) is 3.04. The first-order valence-electron chi connectivity index (χ1n) is 4.18. The van der Waals surface area contributed by atoms with Gasteiger partial charge in [0.05, 0.1) is 11.0 Å². The zero-order chi connectivity index (χ0) is 10.1. The molecule has 5 heteroatoms. The maximum absolute atomic E-state index is 10.8. The summed E-state index contributed by atoms with van der Waals surface area (Å²) in [7, 11) is 0. The van der Waals surface area contributed by atoms with Gasteiger partial charge in [-0.15, -0.1) is 0 Å². The van der Waals surface area contributed by atoms with E-state index >= 15 is 0 Å². The largest absolute Gasteiger partial charge is 0.399 e. The molecule has 1 heterocycles. The Hall–Kier alpha value is -2.04. The molecular weight excluding hydrogens is 180 g/mol. The Morgan fingerprint density at radius 1 is 1.57 bits per heavy atom. The van der Waals surface area contributed by atoms with Gasteiger partial charge in [-0.3, -0.25) is 10.1 Å². The Morgan fingerprint density at radius 3 is 3.07 bits per heavy atom. The van der Waals surface area contributed by atoms with Gasteiger partial charge in [-0.2, -0.15) is 0 Å². The Bertz CT molecular complexity index is 489. The average Bonchev–Trinajstić information content (AvgIpc) is 2.44. The SMILES string of the molecule is CC(=O)Nc1nc2cc(N)ccc2[nH]1. The van der Waals surface area contributed by atoms with Gasteiger partial charge in [0.15, 0.2) is 0 Å². The first kappa shape index (κ1) is 8.55. The minimum absolute atomic E-state index is 0.156. The van der Waals surface area contributed by atoms with Crippen LogP contribution in [-0.2, 0) is 4.79 Å². The van der Waals surface area contributed by atoms with E-state index < -0.39 is 0 Å². The van der Waals surface area contributed by atoms with Crippen LogP contribution in [-0.4, -0.2) is 15.9 Å². The second-order valence-electron chi connectivity index (χ2n) is 3.04. The number of carbonyl (C=O) groups is 1. The fraction of sp³-hybridized carbons (Fsp3) is 0.111. The van der Waals surface area contributed by atoms with Crippen LogP contribution in [0.15, 0.2) is 18.2 Å². The molecular formula is C9H10N4O. The molecule has 14 heavy (non-hydrogen) atoms. The van der Waals surface area contributed by atoms with Crippen molar-refractivity contribution in [3.63, 3.8) is 0 Å². The van der Waals surface area contributed by atoms with E-state index in [9.17, 15) is 4.79 Å². The lowest BCUT2D eigenvalue weighted by Gasteiger charge is -1.92. The van der Waals surface area contributed by atoms with Crippen LogP contribution in [0.4, 0.5) is 11.6 Å². The topological polar surface area (TPSA) is 83.8 Å².